The molecule has 0 bridgehead atoms. The van der Waals surface area contributed by atoms with Gasteiger partial charge in [0.1, 0.15) is 6.79 Å². The van der Waals surface area contributed by atoms with Gasteiger partial charge in [0.2, 0.25) is 0 Å². The molecule has 0 aromatic heterocycles. The van der Waals surface area contributed by atoms with E-state index >= 15 is 0 Å². The number of ether oxygens (including phenoxy) is 2. The Labute approximate surface area is 140 Å². The van der Waals surface area contributed by atoms with Crippen molar-refractivity contribution in [2.45, 2.75) is 110 Å². The second-order valence-electron chi connectivity index (χ2n) is 6.47. The van der Waals surface area contributed by atoms with E-state index in [0.717, 1.165) is 13.2 Å². The van der Waals surface area contributed by atoms with Gasteiger partial charge in [0, 0.05) is 13.2 Å². The fourth-order valence-corrected chi connectivity index (χ4v) is 2.78. The molecule has 22 heavy (non-hydrogen) atoms. The lowest BCUT2D eigenvalue weighted by molar-refractivity contribution is -0.0502. The number of hydrogen-bond acceptors (Lipinski definition) is 2. The molecular formula is C20H42O2. The van der Waals surface area contributed by atoms with E-state index in [1.54, 1.807) is 0 Å². The van der Waals surface area contributed by atoms with Gasteiger partial charge in [-0.1, -0.05) is 96.8 Å². The van der Waals surface area contributed by atoms with Gasteiger partial charge in [0.05, 0.1) is 0 Å². The minimum Gasteiger partial charge on any atom is -0.356 e. The summed E-state index contributed by atoms with van der Waals surface area (Å²) >= 11 is 0. The Bertz CT molecular complexity index is 163. The third kappa shape index (κ3) is 19.9. The highest BCUT2D eigenvalue weighted by atomic mass is 16.7. The van der Waals surface area contributed by atoms with Gasteiger partial charge >= 0.3 is 0 Å². The fraction of sp³-hybridized carbons (Fsp3) is 1.00. The van der Waals surface area contributed by atoms with Crippen LogP contribution in [0.15, 0.2) is 0 Å². The van der Waals surface area contributed by atoms with Crippen LogP contribution in [0.3, 0.4) is 0 Å². The van der Waals surface area contributed by atoms with Crippen LogP contribution in [0.25, 0.3) is 0 Å². The van der Waals surface area contributed by atoms with E-state index in [1.165, 1.54) is 96.3 Å². The van der Waals surface area contributed by atoms with Crippen molar-refractivity contribution >= 4 is 0 Å². The van der Waals surface area contributed by atoms with Crippen molar-refractivity contribution in [3.05, 3.63) is 0 Å². The molecule has 0 spiro atoms. The van der Waals surface area contributed by atoms with E-state index < -0.39 is 0 Å². The molecule has 2 heteroatoms. The van der Waals surface area contributed by atoms with Crippen LogP contribution < -0.4 is 0 Å². The summed E-state index contributed by atoms with van der Waals surface area (Å²) in [6.45, 7) is 6.36. The van der Waals surface area contributed by atoms with Gasteiger partial charge in [0.15, 0.2) is 0 Å². The average Bonchev–Trinajstić information content (AvgIpc) is 2.54. The summed E-state index contributed by atoms with van der Waals surface area (Å²) in [5.74, 6) is 0. The number of rotatable bonds is 19. The van der Waals surface area contributed by atoms with E-state index in [9.17, 15) is 0 Å². The van der Waals surface area contributed by atoms with Gasteiger partial charge in [-0.15, -0.1) is 0 Å². The molecule has 2 nitrogen and oxygen atoms in total. The van der Waals surface area contributed by atoms with Crippen LogP contribution in [0.2, 0.25) is 0 Å². The zero-order valence-electron chi connectivity index (χ0n) is 15.5. The maximum atomic E-state index is 5.37. The van der Waals surface area contributed by atoms with Crippen LogP contribution in [0, 0.1) is 0 Å². The lowest BCUT2D eigenvalue weighted by Gasteiger charge is -2.04. The molecule has 0 unspecified atom stereocenters. The molecule has 0 fully saturated rings. The third-order valence-corrected chi connectivity index (χ3v) is 4.26. The summed E-state index contributed by atoms with van der Waals surface area (Å²) in [4.78, 5) is 0. The average molecular weight is 315 g/mol. The third-order valence-electron chi connectivity index (χ3n) is 4.26. The predicted octanol–water partition coefficient (Wildman–Crippen LogP) is 6.87. The van der Waals surface area contributed by atoms with E-state index in [0.29, 0.717) is 6.79 Å². The lowest BCUT2D eigenvalue weighted by atomic mass is 10.0. The highest BCUT2D eigenvalue weighted by Crippen LogP contribution is 2.13. The fourth-order valence-electron chi connectivity index (χ4n) is 2.78. The Kier molecular flexibility index (Phi) is 20.8. The van der Waals surface area contributed by atoms with E-state index in [-0.39, 0.29) is 0 Å². The minimum atomic E-state index is 0.467. The summed E-state index contributed by atoms with van der Waals surface area (Å²) in [5, 5.41) is 0. The smallest absolute Gasteiger partial charge is 0.146 e. The summed E-state index contributed by atoms with van der Waals surface area (Å²) in [5.41, 5.74) is 0. The van der Waals surface area contributed by atoms with Crippen molar-refractivity contribution in [2.24, 2.45) is 0 Å². The molecule has 0 N–H and O–H groups in total. The van der Waals surface area contributed by atoms with Crippen LogP contribution in [0.5, 0.6) is 0 Å². The normalized spacial score (nSPS) is 11.2. The second-order valence-corrected chi connectivity index (χ2v) is 6.47. The molecule has 0 saturated heterocycles. The Morgan fingerprint density at radius 2 is 0.864 bits per heavy atom. The first kappa shape index (κ1) is 21.9. The second kappa shape index (κ2) is 20.9. The molecule has 0 rings (SSSR count). The van der Waals surface area contributed by atoms with Gasteiger partial charge in [0.25, 0.3) is 0 Å². The molecule has 0 aliphatic carbocycles. The Morgan fingerprint density at radius 3 is 1.27 bits per heavy atom. The minimum absolute atomic E-state index is 0.467. The molecule has 0 atom stereocenters. The highest BCUT2D eigenvalue weighted by Gasteiger charge is 1.94. The van der Waals surface area contributed by atoms with Crippen molar-refractivity contribution in [3.63, 3.8) is 0 Å². The molecule has 0 aliphatic heterocycles. The van der Waals surface area contributed by atoms with Gasteiger partial charge < -0.3 is 9.47 Å². The van der Waals surface area contributed by atoms with Crippen LogP contribution in [0.1, 0.15) is 110 Å². The van der Waals surface area contributed by atoms with E-state index in [4.69, 9.17) is 9.47 Å². The Hall–Kier alpha value is -0.0800. The van der Waals surface area contributed by atoms with Crippen LogP contribution >= 0.6 is 0 Å². The maximum Gasteiger partial charge on any atom is 0.146 e. The van der Waals surface area contributed by atoms with Crippen molar-refractivity contribution in [1.29, 1.82) is 0 Å². The standard InChI is InChI=1S/C20H42O2/c1-3-5-6-7-8-9-10-11-12-13-14-15-16-17-18-19-22-20-21-4-2/h3-20H2,1-2H3. The maximum absolute atomic E-state index is 5.37. The summed E-state index contributed by atoms with van der Waals surface area (Å²) < 4.78 is 10.5. The van der Waals surface area contributed by atoms with Crippen LogP contribution in [-0.2, 0) is 9.47 Å². The summed E-state index contributed by atoms with van der Waals surface area (Å²) in [7, 11) is 0. The van der Waals surface area contributed by atoms with Gasteiger partial charge in [-0.3, -0.25) is 0 Å². The molecule has 0 aromatic carbocycles. The topological polar surface area (TPSA) is 18.5 Å². The van der Waals surface area contributed by atoms with Crippen molar-refractivity contribution in [3.8, 4) is 0 Å². The molecule has 134 valence electrons. The molecule has 0 aliphatic rings. The van der Waals surface area contributed by atoms with Crippen LogP contribution in [-0.4, -0.2) is 20.0 Å². The molecule has 0 aromatic rings. The number of hydrogen-bond donors (Lipinski definition) is 0. The monoisotopic (exact) mass is 314 g/mol. The quantitative estimate of drug-likeness (QED) is 0.191. The summed E-state index contributed by atoms with van der Waals surface area (Å²) in [6, 6.07) is 0. The largest absolute Gasteiger partial charge is 0.356 e. The molecule has 0 amide bonds. The first-order valence-electron chi connectivity index (χ1n) is 10.1. The zero-order valence-corrected chi connectivity index (χ0v) is 15.5. The van der Waals surface area contributed by atoms with Crippen molar-refractivity contribution in [2.75, 3.05) is 20.0 Å². The Morgan fingerprint density at radius 1 is 0.455 bits per heavy atom. The van der Waals surface area contributed by atoms with Gasteiger partial charge in [-0.2, -0.15) is 0 Å². The number of unbranched alkanes of at least 4 members (excludes halogenated alkanes) is 14. The Balaban J connectivity index is 2.91. The predicted molar refractivity (Wildman–Crippen MR) is 97.4 cm³/mol. The lowest BCUT2D eigenvalue weighted by Crippen LogP contribution is -2.00. The van der Waals surface area contributed by atoms with Gasteiger partial charge in [-0.25, -0.2) is 0 Å². The zero-order chi connectivity index (χ0) is 16.1. The summed E-state index contributed by atoms with van der Waals surface area (Å²) in [6.07, 6.45) is 21.1. The molecule has 0 saturated carbocycles. The first-order valence-corrected chi connectivity index (χ1v) is 10.1. The van der Waals surface area contributed by atoms with Gasteiger partial charge in [-0.05, 0) is 13.3 Å². The molecule has 0 radical (unpaired) electrons. The SMILES string of the molecule is CCCCCCCCCCCCCCCCCOCOCC. The van der Waals surface area contributed by atoms with E-state index in [2.05, 4.69) is 6.92 Å². The van der Waals surface area contributed by atoms with E-state index in [1.807, 2.05) is 6.92 Å². The first-order chi connectivity index (χ1) is 10.9. The van der Waals surface area contributed by atoms with Crippen molar-refractivity contribution in [1.82, 2.24) is 0 Å². The molecular weight excluding hydrogens is 272 g/mol. The van der Waals surface area contributed by atoms with Crippen LogP contribution in [0.4, 0.5) is 0 Å². The van der Waals surface area contributed by atoms with Crippen molar-refractivity contribution < 1.29 is 9.47 Å². The highest BCUT2D eigenvalue weighted by molar-refractivity contribution is 4.49. The molecule has 0 heterocycles.